The van der Waals surface area contributed by atoms with Crippen molar-refractivity contribution in [3.05, 3.63) is 40.3 Å². The lowest BCUT2D eigenvalue weighted by Crippen LogP contribution is -1.98. The van der Waals surface area contributed by atoms with Crippen molar-refractivity contribution in [3.8, 4) is 23.1 Å². The molecule has 0 aliphatic rings. The predicted octanol–water partition coefficient (Wildman–Crippen LogP) is 3.29. The Hall–Kier alpha value is -1.93. The van der Waals surface area contributed by atoms with Crippen LogP contribution in [0.25, 0.3) is 11.3 Å². The van der Waals surface area contributed by atoms with Crippen molar-refractivity contribution < 1.29 is 4.74 Å². The summed E-state index contributed by atoms with van der Waals surface area (Å²) < 4.78 is 6.07. The van der Waals surface area contributed by atoms with Gasteiger partial charge in [0.05, 0.1) is 29.8 Å². The topological polar surface area (TPSA) is 58.8 Å². The van der Waals surface area contributed by atoms with Gasteiger partial charge in [0, 0.05) is 11.3 Å². The van der Waals surface area contributed by atoms with Crippen LogP contribution >= 0.6 is 15.9 Å². The highest BCUT2D eigenvalue weighted by molar-refractivity contribution is 9.10. The fourth-order valence-corrected chi connectivity index (χ4v) is 2.29. The van der Waals surface area contributed by atoms with Gasteiger partial charge >= 0.3 is 0 Å². The van der Waals surface area contributed by atoms with E-state index in [0.717, 1.165) is 27.2 Å². The number of halogens is 1. The van der Waals surface area contributed by atoms with Gasteiger partial charge in [0.25, 0.3) is 0 Å². The molecule has 19 heavy (non-hydrogen) atoms. The molecule has 1 aromatic carbocycles. The van der Waals surface area contributed by atoms with Crippen LogP contribution in [0.4, 0.5) is 0 Å². The highest BCUT2D eigenvalue weighted by atomic mass is 79.9. The lowest BCUT2D eigenvalue weighted by atomic mass is 10.1. The van der Waals surface area contributed by atoms with E-state index in [0.29, 0.717) is 5.82 Å². The number of aryl methyl sites for hydroxylation is 1. The zero-order chi connectivity index (χ0) is 13.8. The molecule has 0 aliphatic heterocycles. The number of benzene rings is 1. The number of nitriles is 1. The molecule has 1 heterocycles. The molecule has 0 radical (unpaired) electrons. The average molecular weight is 318 g/mol. The van der Waals surface area contributed by atoms with Crippen LogP contribution in [0.5, 0.6) is 5.75 Å². The summed E-state index contributed by atoms with van der Waals surface area (Å²) in [5.41, 5.74) is 2.61. The van der Waals surface area contributed by atoms with Crippen LogP contribution in [0, 0.1) is 18.3 Å². The van der Waals surface area contributed by atoms with Gasteiger partial charge in [0.15, 0.2) is 0 Å². The van der Waals surface area contributed by atoms with Gasteiger partial charge in [-0.15, -0.1) is 0 Å². The first kappa shape index (κ1) is 13.5. The Kier molecular flexibility index (Phi) is 4.13. The Balaban J connectivity index is 2.47. The van der Waals surface area contributed by atoms with Gasteiger partial charge in [-0.05, 0) is 47.1 Å². The zero-order valence-electron chi connectivity index (χ0n) is 10.6. The number of hydrogen-bond donors (Lipinski definition) is 0. The molecule has 0 amide bonds. The average Bonchev–Trinajstić information content (AvgIpc) is 2.38. The Morgan fingerprint density at radius 2 is 2.11 bits per heavy atom. The lowest BCUT2D eigenvalue weighted by molar-refractivity contribution is 0.412. The summed E-state index contributed by atoms with van der Waals surface area (Å²) >= 11 is 3.45. The molecule has 0 bridgehead atoms. The number of ether oxygens (including phenoxy) is 1. The lowest BCUT2D eigenvalue weighted by Gasteiger charge is -2.07. The number of aromatic nitrogens is 2. The maximum atomic E-state index is 8.73. The Morgan fingerprint density at radius 3 is 2.74 bits per heavy atom. The van der Waals surface area contributed by atoms with Crippen LogP contribution in [0.2, 0.25) is 0 Å². The quantitative estimate of drug-likeness (QED) is 0.871. The summed E-state index contributed by atoms with van der Waals surface area (Å²) in [5, 5.41) is 8.73. The number of nitrogens with zero attached hydrogens (tertiary/aromatic N) is 3. The first-order valence-electron chi connectivity index (χ1n) is 5.69. The molecule has 0 spiro atoms. The van der Waals surface area contributed by atoms with Crippen LogP contribution in [-0.4, -0.2) is 17.1 Å². The smallest absolute Gasteiger partial charge is 0.143 e. The van der Waals surface area contributed by atoms with Gasteiger partial charge in [0.2, 0.25) is 0 Å². The van der Waals surface area contributed by atoms with Crippen LogP contribution < -0.4 is 4.74 Å². The van der Waals surface area contributed by atoms with Crippen molar-refractivity contribution in [3.63, 3.8) is 0 Å². The van der Waals surface area contributed by atoms with Gasteiger partial charge in [-0.1, -0.05) is 0 Å². The van der Waals surface area contributed by atoms with Crippen molar-refractivity contribution in [2.45, 2.75) is 13.3 Å². The molecule has 0 unspecified atom stereocenters. The van der Waals surface area contributed by atoms with E-state index in [4.69, 9.17) is 10.00 Å². The van der Waals surface area contributed by atoms with Gasteiger partial charge in [-0.25, -0.2) is 9.97 Å². The van der Waals surface area contributed by atoms with E-state index in [1.807, 2.05) is 31.2 Å². The van der Waals surface area contributed by atoms with E-state index < -0.39 is 0 Å². The molecule has 0 saturated carbocycles. The van der Waals surface area contributed by atoms with Crippen LogP contribution in [0.1, 0.15) is 11.5 Å². The summed E-state index contributed by atoms with van der Waals surface area (Å²) in [6.45, 7) is 1.89. The standard InChI is InChI=1S/C14H12BrN3O/c1-9-7-12(18-14(17-9)5-6-16)10-3-4-13(19-2)11(15)8-10/h3-4,7-8H,5H2,1-2H3. The Labute approximate surface area is 120 Å². The second-order valence-electron chi connectivity index (χ2n) is 4.00. The van der Waals surface area contributed by atoms with Gasteiger partial charge < -0.3 is 4.74 Å². The first-order valence-corrected chi connectivity index (χ1v) is 6.48. The highest BCUT2D eigenvalue weighted by Gasteiger charge is 2.07. The van der Waals surface area contributed by atoms with E-state index in [1.54, 1.807) is 7.11 Å². The van der Waals surface area contributed by atoms with E-state index in [9.17, 15) is 0 Å². The molecule has 2 aromatic rings. The van der Waals surface area contributed by atoms with E-state index in [-0.39, 0.29) is 6.42 Å². The van der Waals surface area contributed by atoms with Crippen molar-refractivity contribution in [2.24, 2.45) is 0 Å². The number of rotatable bonds is 3. The van der Waals surface area contributed by atoms with Gasteiger partial charge in [-0.3, -0.25) is 0 Å². The minimum Gasteiger partial charge on any atom is -0.496 e. The molecule has 0 atom stereocenters. The molecule has 0 saturated heterocycles. The van der Waals surface area contributed by atoms with Crippen molar-refractivity contribution in [2.75, 3.05) is 7.11 Å². The summed E-state index contributed by atoms with van der Waals surface area (Å²) in [6, 6.07) is 9.71. The van der Waals surface area contributed by atoms with E-state index in [1.165, 1.54) is 0 Å². The Bertz CT molecular complexity index is 650. The van der Waals surface area contributed by atoms with Crippen LogP contribution in [0.15, 0.2) is 28.7 Å². The van der Waals surface area contributed by atoms with E-state index in [2.05, 4.69) is 32.0 Å². The molecular formula is C14H12BrN3O. The highest BCUT2D eigenvalue weighted by Crippen LogP contribution is 2.29. The van der Waals surface area contributed by atoms with Crippen LogP contribution in [0.3, 0.4) is 0 Å². The molecule has 5 heteroatoms. The summed E-state index contributed by atoms with van der Waals surface area (Å²) in [7, 11) is 1.62. The maximum absolute atomic E-state index is 8.73. The first-order chi connectivity index (χ1) is 9.13. The number of hydrogen-bond acceptors (Lipinski definition) is 4. The normalized spacial score (nSPS) is 10.0. The Morgan fingerprint density at radius 1 is 1.32 bits per heavy atom. The third kappa shape index (κ3) is 3.09. The van der Waals surface area contributed by atoms with Crippen molar-refractivity contribution in [1.29, 1.82) is 5.26 Å². The minimum atomic E-state index is 0.214. The molecule has 2 rings (SSSR count). The largest absolute Gasteiger partial charge is 0.496 e. The summed E-state index contributed by atoms with van der Waals surface area (Å²) in [5.74, 6) is 1.32. The zero-order valence-corrected chi connectivity index (χ0v) is 12.2. The van der Waals surface area contributed by atoms with Crippen LogP contribution in [-0.2, 0) is 6.42 Å². The van der Waals surface area contributed by atoms with E-state index >= 15 is 0 Å². The fraction of sp³-hybridized carbons (Fsp3) is 0.214. The van der Waals surface area contributed by atoms with Crippen molar-refractivity contribution in [1.82, 2.24) is 9.97 Å². The predicted molar refractivity (Wildman–Crippen MR) is 75.8 cm³/mol. The van der Waals surface area contributed by atoms with Crippen molar-refractivity contribution >= 4 is 15.9 Å². The second kappa shape index (κ2) is 5.81. The number of methoxy groups -OCH3 is 1. The molecule has 4 nitrogen and oxygen atoms in total. The second-order valence-corrected chi connectivity index (χ2v) is 4.85. The van der Waals surface area contributed by atoms with Gasteiger partial charge in [0.1, 0.15) is 11.6 Å². The third-order valence-electron chi connectivity index (χ3n) is 2.59. The molecular weight excluding hydrogens is 306 g/mol. The molecule has 0 aliphatic carbocycles. The summed E-state index contributed by atoms with van der Waals surface area (Å²) in [4.78, 5) is 8.63. The monoisotopic (exact) mass is 317 g/mol. The SMILES string of the molecule is COc1ccc(-c2cc(C)nc(CC#N)n2)cc1Br. The molecule has 0 N–H and O–H groups in total. The minimum absolute atomic E-state index is 0.214. The maximum Gasteiger partial charge on any atom is 0.143 e. The van der Waals surface area contributed by atoms with Gasteiger partial charge in [-0.2, -0.15) is 5.26 Å². The third-order valence-corrected chi connectivity index (χ3v) is 3.20. The molecule has 0 fully saturated rings. The summed E-state index contributed by atoms with van der Waals surface area (Å²) in [6.07, 6.45) is 0.214. The molecule has 1 aromatic heterocycles. The molecule has 96 valence electrons. The fourth-order valence-electron chi connectivity index (χ4n) is 1.75.